The van der Waals surface area contributed by atoms with Crippen LogP contribution in [0.25, 0.3) is 0 Å². The van der Waals surface area contributed by atoms with Gasteiger partial charge in [-0.1, -0.05) is 24.3 Å². The normalized spacial score (nSPS) is 28.4. The van der Waals surface area contributed by atoms with Crippen LogP contribution in [-0.4, -0.2) is 25.7 Å². The molecule has 0 spiro atoms. The van der Waals surface area contributed by atoms with E-state index in [1.54, 1.807) is 0 Å². The molecule has 0 aromatic heterocycles. The van der Waals surface area contributed by atoms with Crippen molar-refractivity contribution in [1.82, 2.24) is 10.6 Å². The second-order valence-corrected chi connectivity index (χ2v) is 5.78. The SMILES string of the molecule is c1cc(C2CCCNC2)ccc1CC1CCCN1. The first-order chi connectivity index (χ1) is 8.92. The number of benzene rings is 1. The number of hydrogen-bond acceptors (Lipinski definition) is 2. The van der Waals surface area contributed by atoms with Gasteiger partial charge in [0.25, 0.3) is 0 Å². The van der Waals surface area contributed by atoms with E-state index in [0.717, 1.165) is 12.5 Å². The lowest BCUT2D eigenvalue weighted by Crippen LogP contribution is -2.28. The molecule has 2 aliphatic heterocycles. The number of hydrogen-bond donors (Lipinski definition) is 2. The molecule has 2 heterocycles. The highest BCUT2D eigenvalue weighted by Gasteiger charge is 2.16. The molecular formula is C16H24N2. The van der Waals surface area contributed by atoms with Gasteiger partial charge in [-0.05, 0) is 62.2 Å². The van der Waals surface area contributed by atoms with Crippen molar-refractivity contribution in [1.29, 1.82) is 0 Å². The van der Waals surface area contributed by atoms with Crippen molar-refractivity contribution in [2.45, 2.75) is 44.1 Å². The van der Waals surface area contributed by atoms with Crippen molar-refractivity contribution in [2.75, 3.05) is 19.6 Å². The third-order valence-electron chi connectivity index (χ3n) is 4.39. The first-order valence-electron chi connectivity index (χ1n) is 7.45. The average molecular weight is 244 g/mol. The Kier molecular flexibility index (Phi) is 3.96. The fraction of sp³-hybridized carbons (Fsp3) is 0.625. The second-order valence-electron chi connectivity index (χ2n) is 5.78. The minimum absolute atomic E-state index is 0.715. The highest BCUT2D eigenvalue weighted by atomic mass is 14.9. The van der Waals surface area contributed by atoms with Gasteiger partial charge in [-0.3, -0.25) is 0 Å². The van der Waals surface area contributed by atoms with Crippen molar-refractivity contribution in [3.05, 3.63) is 35.4 Å². The van der Waals surface area contributed by atoms with Gasteiger partial charge in [0.1, 0.15) is 0 Å². The van der Waals surface area contributed by atoms with Crippen molar-refractivity contribution in [3.8, 4) is 0 Å². The molecule has 2 N–H and O–H groups in total. The number of piperidine rings is 1. The molecule has 2 atom stereocenters. The highest BCUT2D eigenvalue weighted by molar-refractivity contribution is 5.26. The summed E-state index contributed by atoms with van der Waals surface area (Å²) in [6.45, 7) is 3.56. The Bertz CT molecular complexity index is 359. The van der Waals surface area contributed by atoms with E-state index in [1.807, 2.05) is 0 Å². The molecule has 2 saturated heterocycles. The molecular weight excluding hydrogens is 220 g/mol. The molecule has 0 radical (unpaired) electrons. The summed E-state index contributed by atoms with van der Waals surface area (Å²) in [7, 11) is 0. The summed E-state index contributed by atoms with van der Waals surface area (Å²) in [5.41, 5.74) is 3.01. The van der Waals surface area contributed by atoms with E-state index in [9.17, 15) is 0 Å². The summed E-state index contributed by atoms with van der Waals surface area (Å²) in [5, 5.41) is 7.07. The Hall–Kier alpha value is -0.860. The molecule has 3 rings (SSSR count). The van der Waals surface area contributed by atoms with Gasteiger partial charge in [0.2, 0.25) is 0 Å². The zero-order valence-electron chi connectivity index (χ0n) is 11.1. The molecule has 2 heteroatoms. The Morgan fingerprint density at radius 3 is 2.50 bits per heavy atom. The summed E-state index contributed by atoms with van der Waals surface area (Å²) in [4.78, 5) is 0. The maximum absolute atomic E-state index is 3.57. The second kappa shape index (κ2) is 5.85. The van der Waals surface area contributed by atoms with E-state index < -0.39 is 0 Å². The van der Waals surface area contributed by atoms with Crippen molar-refractivity contribution in [2.24, 2.45) is 0 Å². The molecule has 0 aliphatic carbocycles. The van der Waals surface area contributed by atoms with Crippen LogP contribution < -0.4 is 10.6 Å². The lowest BCUT2D eigenvalue weighted by atomic mass is 9.90. The van der Waals surface area contributed by atoms with Gasteiger partial charge in [0.05, 0.1) is 0 Å². The molecule has 18 heavy (non-hydrogen) atoms. The zero-order chi connectivity index (χ0) is 12.2. The molecule has 1 aromatic carbocycles. The van der Waals surface area contributed by atoms with Crippen molar-refractivity contribution >= 4 is 0 Å². The predicted octanol–water partition coefficient (Wildman–Crippen LogP) is 2.45. The maximum atomic E-state index is 3.57. The smallest absolute Gasteiger partial charge is 0.0108 e. The van der Waals surface area contributed by atoms with Crippen molar-refractivity contribution < 1.29 is 0 Å². The molecule has 2 nitrogen and oxygen atoms in total. The minimum atomic E-state index is 0.715. The van der Waals surface area contributed by atoms with E-state index in [1.165, 1.54) is 56.3 Å². The van der Waals surface area contributed by atoms with Gasteiger partial charge in [0.15, 0.2) is 0 Å². The largest absolute Gasteiger partial charge is 0.316 e. The molecule has 98 valence electrons. The van der Waals surface area contributed by atoms with Crippen LogP contribution in [0.2, 0.25) is 0 Å². The summed E-state index contributed by atoms with van der Waals surface area (Å²) in [6.07, 6.45) is 6.54. The van der Waals surface area contributed by atoms with Crippen LogP contribution in [0.3, 0.4) is 0 Å². The third kappa shape index (κ3) is 2.93. The molecule has 0 amide bonds. The lowest BCUT2D eigenvalue weighted by molar-refractivity contribution is 0.461. The van der Waals surface area contributed by atoms with Crippen LogP contribution in [-0.2, 0) is 6.42 Å². The van der Waals surface area contributed by atoms with E-state index in [4.69, 9.17) is 0 Å². The van der Waals surface area contributed by atoms with Crippen LogP contribution in [0.1, 0.15) is 42.7 Å². The van der Waals surface area contributed by atoms with Crippen molar-refractivity contribution in [3.63, 3.8) is 0 Å². The van der Waals surface area contributed by atoms with Gasteiger partial charge < -0.3 is 10.6 Å². The van der Waals surface area contributed by atoms with Gasteiger partial charge in [-0.25, -0.2) is 0 Å². The maximum Gasteiger partial charge on any atom is 0.0108 e. The van der Waals surface area contributed by atoms with E-state index in [2.05, 4.69) is 34.9 Å². The molecule has 1 aromatic rings. The lowest BCUT2D eigenvalue weighted by Gasteiger charge is -2.23. The first-order valence-corrected chi connectivity index (χ1v) is 7.45. The summed E-state index contributed by atoms with van der Waals surface area (Å²) >= 11 is 0. The Balaban J connectivity index is 1.60. The fourth-order valence-electron chi connectivity index (χ4n) is 3.28. The Morgan fingerprint density at radius 1 is 1.00 bits per heavy atom. The minimum Gasteiger partial charge on any atom is -0.316 e. The zero-order valence-corrected chi connectivity index (χ0v) is 11.1. The molecule has 0 bridgehead atoms. The Labute approximate surface area is 110 Å². The molecule has 0 saturated carbocycles. The van der Waals surface area contributed by atoms with Crippen LogP contribution in [0, 0.1) is 0 Å². The van der Waals surface area contributed by atoms with Gasteiger partial charge in [-0.2, -0.15) is 0 Å². The summed E-state index contributed by atoms with van der Waals surface area (Å²) in [5.74, 6) is 0.734. The first kappa shape index (κ1) is 12.2. The average Bonchev–Trinajstić information content (AvgIpc) is 2.94. The van der Waals surface area contributed by atoms with Crippen LogP contribution in [0.15, 0.2) is 24.3 Å². The van der Waals surface area contributed by atoms with Gasteiger partial charge in [0, 0.05) is 12.6 Å². The van der Waals surface area contributed by atoms with Crippen LogP contribution in [0.4, 0.5) is 0 Å². The van der Waals surface area contributed by atoms with E-state index >= 15 is 0 Å². The highest BCUT2D eigenvalue weighted by Crippen LogP contribution is 2.24. The van der Waals surface area contributed by atoms with Crippen LogP contribution in [0.5, 0.6) is 0 Å². The van der Waals surface area contributed by atoms with Gasteiger partial charge in [-0.15, -0.1) is 0 Å². The predicted molar refractivity (Wildman–Crippen MR) is 76.0 cm³/mol. The summed E-state index contributed by atoms with van der Waals surface area (Å²) in [6, 6.07) is 10.1. The number of rotatable bonds is 3. The monoisotopic (exact) mass is 244 g/mol. The summed E-state index contributed by atoms with van der Waals surface area (Å²) < 4.78 is 0. The number of nitrogens with one attached hydrogen (secondary N) is 2. The van der Waals surface area contributed by atoms with E-state index in [-0.39, 0.29) is 0 Å². The third-order valence-corrected chi connectivity index (χ3v) is 4.39. The fourth-order valence-corrected chi connectivity index (χ4v) is 3.28. The molecule has 2 aliphatic rings. The quantitative estimate of drug-likeness (QED) is 0.853. The van der Waals surface area contributed by atoms with Crippen LogP contribution >= 0.6 is 0 Å². The van der Waals surface area contributed by atoms with Gasteiger partial charge >= 0.3 is 0 Å². The molecule has 2 unspecified atom stereocenters. The molecule has 2 fully saturated rings. The standard InChI is InChI=1S/C16H24N2/c1-3-15(12-17-9-1)14-7-5-13(6-8-14)11-16-4-2-10-18-16/h5-8,15-18H,1-4,9-12H2. The Morgan fingerprint density at radius 2 is 1.83 bits per heavy atom. The van der Waals surface area contributed by atoms with E-state index in [0.29, 0.717) is 6.04 Å². The topological polar surface area (TPSA) is 24.1 Å².